The van der Waals surface area contributed by atoms with Gasteiger partial charge in [0.25, 0.3) is 0 Å². The van der Waals surface area contributed by atoms with Crippen LogP contribution in [-0.2, 0) is 9.59 Å². The molecule has 0 radical (unpaired) electrons. The van der Waals surface area contributed by atoms with Crippen molar-refractivity contribution in [2.75, 3.05) is 0 Å². The molecule has 13 heavy (non-hydrogen) atoms. The van der Waals surface area contributed by atoms with Crippen molar-refractivity contribution in [2.24, 2.45) is 5.92 Å². The van der Waals surface area contributed by atoms with Crippen LogP contribution in [0.3, 0.4) is 0 Å². The van der Waals surface area contributed by atoms with Crippen LogP contribution in [0.2, 0.25) is 0 Å². The van der Waals surface area contributed by atoms with Crippen molar-refractivity contribution >= 4 is 22.7 Å². The van der Waals surface area contributed by atoms with Gasteiger partial charge in [0, 0.05) is 0 Å². The molecule has 1 aliphatic heterocycles. The maximum Gasteiger partial charge on any atom is 0.200 e. The molecule has 0 saturated carbocycles. The van der Waals surface area contributed by atoms with Crippen molar-refractivity contribution in [3.8, 4) is 0 Å². The van der Waals surface area contributed by atoms with E-state index in [9.17, 15) is 9.59 Å². The van der Waals surface area contributed by atoms with Crippen LogP contribution in [0.4, 0.5) is 0 Å². The fourth-order valence-electron chi connectivity index (χ4n) is 1.61. The van der Waals surface area contributed by atoms with E-state index in [1.165, 1.54) is 11.8 Å². The van der Waals surface area contributed by atoms with Crippen LogP contribution in [0.15, 0.2) is 0 Å². The van der Waals surface area contributed by atoms with E-state index in [1.54, 1.807) is 6.92 Å². The minimum Gasteiger partial charge on any atom is -0.297 e. The highest BCUT2D eigenvalue weighted by atomic mass is 32.2. The molecule has 1 aliphatic rings. The summed E-state index contributed by atoms with van der Waals surface area (Å²) in [6, 6.07) is 0. The molecule has 1 saturated heterocycles. The minimum absolute atomic E-state index is 0.0450. The number of hydrogen-bond acceptors (Lipinski definition) is 3. The third kappa shape index (κ3) is 1.96. The Morgan fingerprint density at radius 2 is 2.08 bits per heavy atom. The summed E-state index contributed by atoms with van der Waals surface area (Å²) in [6.07, 6.45) is 2.93. The monoisotopic (exact) mass is 200 g/mol. The van der Waals surface area contributed by atoms with Gasteiger partial charge in [-0.05, 0) is 20.3 Å². The summed E-state index contributed by atoms with van der Waals surface area (Å²) >= 11 is 1.24. The number of ketones is 1. The van der Waals surface area contributed by atoms with Gasteiger partial charge in [0.1, 0.15) is 0 Å². The van der Waals surface area contributed by atoms with Gasteiger partial charge in [0.2, 0.25) is 0 Å². The third-order valence-electron chi connectivity index (χ3n) is 2.60. The summed E-state index contributed by atoms with van der Waals surface area (Å²) in [5.41, 5.74) is 0. The Bertz CT molecular complexity index is 237. The molecule has 0 aliphatic carbocycles. The highest BCUT2D eigenvalue weighted by molar-refractivity contribution is 8.16. The van der Waals surface area contributed by atoms with Crippen molar-refractivity contribution in [1.29, 1.82) is 0 Å². The topological polar surface area (TPSA) is 34.1 Å². The molecule has 74 valence electrons. The zero-order chi connectivity index (χ0) is 10.1. The first-order valence-electron chi connectivity index (χ1n) is 4.78. The summed E-state index contributed by atoms with van der Waals surface area (Å²) in [5, 5.41) is 0.0450. The fourth-order valence-corrected chi connectivity index (χ4v) is 2.87. The van der Waals surface area contributed by atoms with Crippen LogP contribution in [0.5, 0.6) is 0 Å². The van der Waals surface area contributed by atoms with Crippen LogP contribution in [0.1, 0.15) is 40.0 Å². The molecule has 0 aromatic carbocycles. The Kier molecular flexibility index (Phi) is 3.17. The van der Waals surface area contributed by atoms with Crippen molar-refractivity contribution in [1.82, 2.24) is 0 Å². The molecule has 1 rings (SSSR count). The molecule has 0 amide bonds. The van der Waals surface area contributed by atoms with Gasteiger partial charge in [-0.1, -0.05) is 31.5 Å². The molecular formula is C10H16O2S. The quantitative estimate of drug-likeness (QED) is 0.656. The van der Waals surface area contributed by atoms with E-state index in [1.807, 2.05) is 6.92 Å². The lowest BCUT2D eigenvalue weighted by atomic mass is 9.92. The first-order valence-corrected chi connectivity index (χ1v) is 5.60. The van der Waals surface area contributed by atoms with Gasteiger partial charge in [-0.3, -0.25) is 9.59 Å². The Balaban J connectivity index is 2.70. The summed E-state index contributed by atoms with van der Waals surface area (Å²) in [6.45, 7) is 5.71. The number of Topliss-reactive ketones (excluding diaryl/α,β-unsaturated/α-hetero) is 1. The number of thioether (sulfide) groups is 1. The highest BCUT2D eigenvalue weighted by Gasteiger charge is 2.47. The second kappa shape index (κ2) is 3.82. The molecule has 0 aromatic rings. The van der Waals surface area contributed by atoms with E-state index in [-0.39, 0.29) is 16.8 Å². The maximum atomic E-state index is 11.7. The molecule has 2 unspecified atom stereocenters. The highest BCUT2D eigenvalue weighted by Crippen LogP contribution is 2.42. The van der Waals surface area contributed by atoms with Gasteiger partial charge in [0.05, 0.1) is 10.7 Å². The molecular weight excluding hydrogens is 184 g/mol. The maximum absolute atomic E-state index is 11.7. The average Bonchev–Trinajstić information content (AvgIpc) is 2.28. The van der Waals surface area contributed by atoms with Gasteiger partial charge in [0.15, 0.2) is 10.9 Å². The first kappa shape index (κ1) is 10.8. The first-order chi connectivity index (χ1) is 6.01. The van der Waals surface area contributed by atoms with Crippen LogP contribution < -0.4 is 0 Å². The Labute approximate surface area is 83.5 Å². The molecule has 0 aromatic heterocycles. The SMILES string of the molecule is CCCCC1(C)SC(=O)C(C)C1=O. The van der Waals surface area contributed by atoms with E-state index >= 15 is 0 Å². The molecule has 2 atom stereocenters. The zero-order valence-electron chi connectivity index (χ0n) is 8.42. The van der Waals surface area contributed by atoms with E-state index in [0.717, 1.165) is 19.3 Å². The number of carbonyl (C=O) groups is 2. The largest absolute Gasteiger partial charge is 0.297 e. The number of rotatable bonds is 3. The van der Waals surface area contributed by atoms with Crippen LogP contribution >= 0.6 is 11.8 Å². The minimum atomic E-state index is -0.424. The van der Waals surface area contributed by atoms with Gasteiger partial charge < -0.3 is 0 Å². The molecule has 1 heterocycles. The Morgan fingerprint density at radius 1 is 1.46 bits per heavy atom. The third-order valence-corrected chi connectivity index (χ3v) is 4.01. The molecule has 0 bridgehead atoms. The average molecular weight is 200 g/mol. The predicted molar refractivity (Wildman–Crippen MR) is 54.7 cm³/mol. The molecule has 3 heteroatoms. The number of unbranched alkanes of at least 4 members (excludes halogenated alkanes) is 1. The lowest BCUT2D eigenvalue weighted by Gasteiger charge is -2.19. The van der Waals surface area contributed by atoms with Crippen LogP contribution in [0, 0.1) is 5.92 Å². The number of carbonyl (C=O) groups excluding carboxylic acids is 2. The van der Waals surface area contributed by atoms with Crippen molar-refractivity contribution in [3.63, 3.8) is 0 Å². The molecule has 1 fully saturated rings. The van der Waals surface area contributed by atoms with Crippen molar-refractivity contribution in [2.45, 2.75) is 44.8 Å². The van der Waals surface area contributed by atoms with E-state index in [2.05, 4.69) is 6.92 Å². The fraction of sp³-hybridized carbons (Fsp3) is 0.800. The summed E-state index contributed by atoms with van der Waals surface area (Å²) in [5.74, 6) is -0.261. The summed E-state index contributed by atoms with van der Waals surface area (Å²) < 4.78 is -0.424. The Hall–Kier alpha value is -0.310. The van der Waals surface area contributed by atoms with Crippen molar-refractivity contribution in [3.05, 3.63) is 0 Å². The smallest absolute Gasteiger partial charge is 0.200 e. The second-order valence-electron chi connectivity index (χ2n) is 3.84. The molecule has 0 N–H and O–H groups in total. The van der Waals surface area contributed by atoms with Gasteiger partial charge in [-0.2, -0.15) is 0 Å². The second-order valence-corrected chi connectivity index (χ2v) is 5.35. The van der Waals surface area contributed by atoms with Crippen LogP contribution in [-0.4, -0.2) is 15.6 Å². The van der Waals surface area contributed by atoms with Crippen LogP contribution in [0.25, 0.3) is 0 Å². The zero-order valence-corrected chi connectivity index (χ0v) is 9.24. The van der Waals surface area contributed by atoms with E-state index in [0.29, 0.717) is 0 Å². The van der Waals surface area contributed by atoms with Gasteiger partial charge >= 0.3 is 0 Å². The van der Waals surface area contributed by atoms with Gasteiger partial charge in [-0.25, -0.2) is 0 Å². The normalized spacial score (nSPS) is 34.2. The summed E-state index contributed by atoms with van der Waals surface area (Å²) in [7, 11) is 0. The number of hydrogen-bond donors (Lipinski definition) is 0. The van der Waals surface area contributed by atoms with Gasteiger partial charge in [-0.15, -0.1) is 0 Å². The van der Waals surface area contributed by atoms with E-state index in [4.69, 9.17) is 0 Å². The summed E-state index contributed by atoms with van der Waals surface area (Å²) in [4.78, 5) is 23.0. The van der Waals surface area contributed by atoms with Crippen molar-refractivity contribution < 1.29 is 9.59 Å². The van der Waals surface area contributed by atoms with E-state index < -0.39 is 4.75 Å². The Morgan fingerprint density at radius 3 is 2.46 bits per heavy atom. The lowest BCUT2D eigenvalue weighted by Crippen LogP contribution is -2.29. The standard InChI is InChI=1S/C10H16O2S/c1-4-5-6-10(3)8(11)7(2)9(12)13-10/h7H,4-6H2,1-3H3. The predicted octanol–water partition coefficient (Wildman–Crippen LogP) is 2.41. The lowest BCUT2D eigenvalue weighted by molar-refractivity contribution is -0.127. The molecule has 0 spiro atoms. The molecule has 2 nitrogen and oxygen atoms in total.